The Morgan fingerprint density at radius 3 is 2.02 bits per heavy atom. The highest BCUT2D eigenvalue weighted by atomic mass is 19.3. The van der Waals surface area contributed by atoms with Crippen LogP contribution in [0, 0.1) is 17.7 Å². The summed E-state index contributed by atoms with van der Waals surface area (Å²) in [4.78, 5) is 69.6. The molecule has 4 amide bonds. The lowest BCUT2D eigenvalue weighted by atomic mass is 10.0. The summed E-state index contributed by atoms with van der Waals surface area (Å²) in [6.07, 6.45) is 1.81. The van der Waals surface area contributed by atoms with E-state index in [1.54, 1.807) is 53.8 Å². The fraction of sp³-hybridized carbons (Fsp3) is 0.455. The zero-order chi connectivity index (χ0) is 45.1. The monoisotopic (exact) mass is 873 g/mol. The third kappa shape index (κ3) is 7.92. The van der Waals surface area contributed by atoms with Crippen LogP contribution in [0.25, 0.3) is 44.7 Å². The lowest BCUT2D eigenvalue weighted by Crippen LogP contribution is -2.51. The highest BCUT2D eigenvalue weighted by Crippen LogP contribution is 2.47. The Kier molecular flexibility index (Phi) is 11.4. The maximum Gasteiger partial charge on any atom is 0.407 e. The third-order valence-corrected chi connectivity index (χ3v) is 12.2. The first kappa shape index (κ1) is 43.1. The van der Waals surface area contributed by atoms with Crippen molar-refractivity contribution in [2.24, 2.45) is 11.8 Å². The number of alkyl halides is 2. The van der Waals surface area contributed by atoms with Gasteiger partial charge in [-0.15, -0.1) is 0 Å². The van der Waals surface area contributed by atoms with E-state index in [1.165, 1.54) is 13.3 Å². The van der Waals surface area contributed by atoms with Gasteiger partial charge in [0.25, 0.3) is 5.92 Å². The second-order valence-corrected chi connectivity index (χ2v) is 17.0. The Labute approximate surface area is 360 Å². The molecule has 1 unspecified atom stereocenters. The average molecular weight is 874 g/mol. The summed E-state index contributed by atoms with van der Waals surface area (Å²) in [5.41, 5.74) is 3.84. The number of fused-ring (bicyclic) bond motifs is 5. The average Bonchev–Trinajstić information content (AvgIpc) is 4.11. The summed E-state index contributed by atoms with van der Waals surface area (Å²) in [5, 5.41) is 5.43. The molecule has 3 aliphatic rings. The number of hydrogen-bond acceptors (Lipinski definition) is 9. The number of aromatic nitrogens is 5. The van der Waals surface area contributed by atoms with E-state index in [2.05, 4.69) is 35.3 Å². The van der Waals surface area contributed by atoms with Crippen molar-refractivity contribution in [3.8, 4) is 39.5 Å². The van der Waals surface area contributed by atoms with Gasteiger partial charge < -0.3 is 49.2 Å². The van der Waals surface area contributed by atoms with Gasteiger partial charge in [0, 0.05) is 35.0 Å². The quantitative estimate of drug-likeness (QED) is 0.110. The molecular formula is C44H50F3N9O7. The number of nitrogens with one attached hydrogen (secondary N) is 4. The number of benzene rings is 2. The van der Waals surface area contributed by atoms with E-state index >= 15 is 4.39 Å². The number of imidazole rings is 2. The van der Waals surface area contributed by atoms with Crippen LogP contribution in [0.4, 0.5) is 22.8 Å². The topological polar surface area (TPSA) is 189 Å². The molecule has 63 heavy (non-hydrogen) atoms. The molecule has 0 saturated carbocycles. The smallest absolute Gasteiger partial charge is 0.407 e. The minimum Gasteiger partial charge on any atom is -0.470 e. The molecule has 0 aliphatic carbocycles. The van der Waals surface area contributed by atoms with Crippen molar-refractivity contribution in [2.45, 2.75) is 90.2 Å². The summed E-state index contributed by atoms with van der Waals surface area (Å²) in [5.74, 6) is -3.97. The van der Waals surface area contributed by atoms with Crippen LogP contribution in [-0.2, 0) is 19.1 Å². The first-order valence-corrected chi connectivity index (χ1v) is 20.9. The highest BCUT2D eigenvalue weighted by molar-refractivity contribution is 5.93. The molecule has 5 atom stereocenters. The molecule has 16 nitrogen and oxygen atoms in total. The van der Waals surface area contributed by atoms with Crippen molar-refractivity contribution in [2.75, 3.05) is 27.3 Å². The van der Waals surface area contributed by atoms with Gasteiger partial charge in [-0.2, -0.15) is 0 Å². The number of rotatable bonds is 10. The van der Waals surface area contributed by atoms with E-state index in [0.29, 0.717) is 63.7 Å². The summed E-state index contributed by atoms with van der Waals surface area (Å²) in [6, 6.07) is 7.35. The van der Waals surface area contributed by atoms with Crippen LogP contribution in [0.1, 0.15) is 83.8 Å². The Bertz CT molecular complexity index is 2590. The minimum absolute atomic E-state index is 0.130. The van der Waals surface area contributed by atoms with Gasteiger partial charge >= 0.3 is 12.2 Å². The maximum absolute atomic E-state index is 16.7. The molecule has 0 spiro atoms. The number of H-pyrrole nitrogens is 2. The van der Waals surface area contributed by atoms with E-state index in [4.69, 9.17) is 9.47 Å². The van der Waals surface area contributed by atoms with E-state index in [-0.39, 0.29) is 23.7 Å². The number of hydrogen-bond donors (Lipinski definition) is 4. The van der Waals surface area contributed by atoms with E-state index in [1.807, 2.05) is 32.9 Å². The molecule has 0 radical (unpaired) electrons. The van der Waals surface area contributed by atoms with Gasteiger partial charge in [-0.05, 0) is 55.9 Å². The van der Waals surface area contributed by atoms with Crippen LogP contribution < -0.4 is 15.4 Å². The SMILES string of the molecule is COC(=O)N[C@H](C(=O)N1CC(F)(F)C[C@@H]1c1ncc(-c2ccc3c(c2)c(F)c2n3C(C)Oc3cc(-c4cnc([C@@H]5CCCN5C(=O)[C@@H](NC(=O)OC)C(C)C)[nH]4)ccc3-2)[nH]1)C(C)C. The van der Waals surface area contributed by atoms with Gasteiger partial charge in [-0.1, -0.05) is 39.8 Å². The summed E-state index contributed by atoms with van der Waals surface area (Å²) < 4.78 is 64.2. The molecule has 19 heteroatoms. The number of ether oxygens (including phenoxy) is 3. The van der Waals surface area contributed by atoms with Gasteiger partial charge in [0.1, 0.15) is 29.5 Å². The zero-order valence-corrected chi connectivity index (χ0v) is 35.9. The molecule has 4 N–H and O–H groups in total. The van der Waals surface area contributed by atoms with Crippen molar-refractivity contribution >= 4 is 34.9 Å². The molecule has 5 aromatic rings. The van der Waals surface area contributed by atoms with Crippen LogP contribution in [0.3, 0.4) is 0 Å². The Morgan fingerprint density at radius 2 is 1.41 bits per heavy atom. The third-order valence-electron chi connectivity index (χ3n) is 12.2. The number of likely N-dealkylation sites (tertiary alicyclic amines) is 2. The molecule has 3 aromatic heterocycles. The predicted molar refractivity (Wildman–Crippen MR) is 224 cm³/mol. The van der Waals surface area contributed by atoms with Crippen LogP contribution in [0.15, 0.2) is 48.8 Å². The van der Waals surface area contributed by atoms with Crippen molar-refractivity contribution in [3.05, 3.63) is 66.3 Å². The number of halogens is 3. The van der Waals surface area contributed by atoms with E-state index in [0.717, 1.165) is 24.0 Å². The number of aromatic amines is 2. The molecule has 8 rings (SSSR count). The fourth-order valence-corrected chi connectivity index (χ4v) is 8.96. The number of carbonyl (C=O) groups excluding carboxylic acids is 4. The Morgan fingerprint density at radius 1 is 0.841 bits per heavy atom. The van der Waals surface area contributed by atoms with Gasteiger partial charge in [0.15, 0.2) is 12.0 Å². The molecule has 0 bridgehead atoms. The van der Waals surface area contributed by atoms with E-state index < -0.39 is 73.1 Å². The predicted octanol–water partition coefficient (Wildman–Crippen LogP) is 7.47. The van der Waals surface area contributed by atoms with Crippen LogP contribution in [-0.4, -0.2) is 104 Å². The molecular weight excluding hydrogens is 824 g/mol. The molecule has 334 valence electrons. The molecule has 2 saturated heterocycles. The first-order chi connectivity index (χ1) is 30.0. The fourth-order valence-electron chi connectivity index (χ4n) is 8.96. The van der Waals surface area contributed by atoms with Crippen LogP contribution in [0.2, 0.25) is 0 Å². The van der Waals surface area contributed by atoms with Gasteiger partial charge in [0.05, 0.1) is 67.8 Å². The summed E-state index contributed by atoms with van der Waals surface area (Å²) in [6.45, 7) is 8.58. The van der Waals surface area contributed by atoms with Crippen LogP contribution in [0.5, 0.6) is 5.75 Å². The number of amides is 4. The normalized spacial score (nSPS) is 20.0. The van der Waals surface area contributed by atoms with Crippen molar-refractivity contribution < 1.29 is 46.6 Å². The van der Waals surface area contributed by atoms with Crippen molar-refractivity contribution in [1.29, 1.82) is 0 Å². The molecule has 6 heterocycles. The number of methoxy groups -OCH3 is 2. The second kappa shape index (κ2) is 16.6. The van der Waals surface area contributed by atoms with Gasteiger partial charge in [0.2, 0.25) is 11.8 Å². The maximum atomic E-state index is 16.7. The summed E-state index contributed by atoms with van der Waals surface area (Å²) >= 11 is 0. The molecule has 3 aliphatic heterocycles. The molecule has 2 aromatic carbocycles. The lowest BCUT2D eigenvalue weighted by molar-refractivity contribution is -0.137. The largest absolute Gasteiger partial charge is 0.470 e. The summed E-state index contributed by atoms with van der Waals surface area (Å²) in [7, 11) is 2.41. The number of nitrogens with zero attached hydrogens (tertiary/aromatic N) is 5. The van der Waals surface area contributed by atoms with Crippen molar-refractivity contribution in [3.63, 3.8) is 0 Å². The Hall–Kier alpha value is -6.53. The number of alkyl carbamates (subject to hydrolysis) is 2. The lowest BCUT2D eigenvalue weighted by Gasteiger charge is -2.30. The molecule has 2 fully saturated rings. The number of carbonyl (C=O) groups is 4. The first-order valence-electron chi connectivity index (χ1n) is 20.9. The highest BCUT2D eigenvalue weighted by Gasteiger charge is 2.50. The van der Waals surface area contributed by atoms with Crippen LogP contribution >= 0.6 is 0 Å². The van der Waals surface area contributed by atoms with E-state index in [9.17, 15) is 28.0 Å². The standard InChI is InChI=1S/C44H50F3N9O7/c1-21(2)35(52-42(59)61-6)40(57)54-14-8-9-31(54)38-48-19-29(50-38)25-10-12-26-33(16-25)63-23(5)56-30-13-11-24(15-27(30)34(45)37(26)56)28-18-49-39(51-28)32-17-44(46,47)20-55(32)41(58)36(22(3)4)53-43(60)62-7/h10-13,15-16,18-19,21-23,31-32,35-36H,8-9,14,17,20H2,1-7H3,(H,48,50)(H,49,51)(H,52,59)(H,53,60)/t23?,31-,32+,35-,36-/m0/s1. The van der Waals surface area contributed by atoms with Gasteiger partial charge in [-0.25, -0.2) is 32.7 Å². The Balaban J connectivity index is 1.05. The zero-order valence-electron chi connectivity index (χ0n) is 35.9. The van der Waals surface area contributed by atoms with Gasteiger partial charge in [-0.3, -0.25) is 9.59 Å². The second-order valence-electron chi connectivity index (χ2n) is 17.0. The van der Waals surface area contributed by atoms with Crippen molar-refractivity contribution in [1.82, 2.24) is 44.9 Å². The minimum atomic E-state index is -3.20.